The highest BCUT2D eigenvalue weighted by molar-refractivity contribution is 7.91. The number of hydrogen-bond donors (Lipinski definition) is 2. The fourth-order valence-electron chi connectivity index (χ4n) is 2.69. The van der Waals surface area contributed by atoms with E-state index in [1.54, 1.807) is 30.3 Å². The van der Waals surface area contributed by atoms with Crippen molar-refractivity contribution < 1.29 is 13.2 Å². The molecule has 1 aliphatic heterocycles. The van der Waals surface area contributed by atoms with Gasteiger partial charge in [0.1, 0.15) is 5.82 Å². The molecule has 1 amide bonds. The third-order valence-corrected chi connectivity index (χ3v) is 6.05. The van der Waals surface area contributed by atoms with E-state index < -0.39 is 9.84 Å². The first-order valence-corrected chi connectivity index (χ1v) is 10.0. The molecule has 3 rings (SSSR count). The Bertz CT molecular complexity index is 898. The highest BCUT2D eigenvalue weighted by atomic mass is 35.5. The van der Waals surface area contributed by atoms with Gasteiger partial charge in [0.25, 0.3) is 5.91 Å². The number of aromatic nitrogens is 1. The summed E-state index contributed by atoms with van der Waals surface area (Å²) in [6.07, 6.45) is 2.04. The Kier molecular flexibility index (Phi) is 4.96. The molecule has 25 heavy (non-hydrogen) atoms. The molecule has 2 heterocycles. The predicted octanol–water partition coefficient (Wildman–Crippen LogP) is 2.89. The Balaban J connectivity index is 1.64. The zero-order valence-corrected chi connectivity index (χ0v) is 15.2. The number of amides is 1. The molecule has 0 saturated carbocycles. The van der Waals surface area contributed by atoms with Crippen LogP contribution in [-0.2, 0) is 9.84 Å². The largest absolute Gasteiger partial charge is 0.366 e. The Hall–Kier alpha value is -2.12. The maximum absolute atomic E-state index is 12.3. The van der Waals surface area contributed by atoms with E-state index in [9.17, 15) is 13.2 Å². The van der Waals surface area contributed by atoms with E-state index in [-0.39, 0.29) is 23.5 Å². The monoisotopic (exact) mass is 379 g/mol. The van der Waals surface area contributed by atoms with E-state index in [1.165, 1.54) is 6.20 Å². The van der Waals surface area contributed by atoms with Crippen LogP contribution in [0.3, 0.4) is 0 Å². The minimum atomic E-state index is -2.94. The standard InChI is InChI=1S/C17H18ClN3O3S/c1-11-8-13(18)3-4-15(11)21-17(22)12-2-5-16(19-9-12)20-14-6-7-25(23,24)10-14/h2-5,8-9,14H,6-7,10H2,1H3,(H,19,20)(H,21,22). The van der Waals surface area contributed by atoms with E-state index in [0.717, 1.165) is 5.56 Å². The second-order valence-corrected chi connectivity index (χ2v) is 8.75. The van der Waals surface area contributed by atoms with Crippen molar-refractivity contribution in [1.29, 1.82) is 0 Å². The summed E-state index contributed by atoms with van der Waals surface area (Å²) in [5, 5.41) is 6.52. The van der Waals surface area contributed by atoms with E-state index in [4.69, 9.17) is 11.6 Å². The fourth-order valence-corrected chi connectivity index (χ4v) is 4.59. The second kappa shape index (κ2) is 7.01. The van der Waals surface area contributed by atoms with Crippen molar-refractivity contribution >= 4 is 38.9 Å². The molecule has 0 aliphatic carbocycles. The number of nitrogens with zero attached hydrogens (tertiary/aromatic N) is 1. The van der Waals surface area contributed by atoms with Crippen LogP contribution in [0.4, 0.5) is 11.5 Å². The number of sulfone groups is 1. The van der Waals surface area contributed by atoms with Crippen molar-refractivity contribution in [2.24, 2.45) is 0 Å². The molecular formula is C17H18ClN3O3S. The average molecular weight is 380 g/mol. The van der Waals surface area contributed by atoms with Crippen LogP contribution in [0, 0.1) is 6.92 Å². The molecular weight excluding hydrogens is 362 g/mol. The first-order valence-electron chi connectivity index (χ1n) is 7.83. The number of hydrogen-bond acceptors (Lipinski definition) is 5. The lowest BCUT2D eigenvalue weighted by Gasteiger charge is -2.12. The number of rotatable bonds is 4. The second-order valence-electron chi connectivity index (χ2n) is 6.09. The molecule has 1 unspecified atom stereocenters. The van der Waals surface area contributed by atoms with Crippen LogP contribution in [0.5, 0.6) is 0 Å². The normalized spacial score (nSPS) is 18.7. The first-order chi connectivity index (χ1) is 11.8. The van der Waals surface area contributed by atoms with Gasteiger partial charge in [-0.3, -0.25) is 4.79 Å². The third-order valence-electron chi connectivity index (χ3n) is 4.05. The lowest BCUT2D eigenvalue weighted by molar-refractivity contribution is 0.102. The minimum Gasteiger partial charge on any atom is -0.366 e. The molecule has 1 aromatic carbocycles. The van der Waals surface area contributed by atoms with E-state index in [2.05, 4.69) is 15.6 Å². The summed E-state index contributed by atoms with van der Waals surface area (Å²) in [7, 11) is -2.94. The third kappa shape index (κ3) is 4.49. The molecule has 1 aliphatic rings. The number of carbonyl (C=O) groups is 1. The van der Waals surface area contributed by atoms with E-state index in [1.807, 2.05) is 6.92 Å². The number of pyridine rings is 1. The summed E-state index contributed by atoms with van der Waals surface area (Å²) < 4.78 is 23.0. The molecule has 1 atom stereocenters. The Morgan fingerprint density at radius 2 is 2.08 bits per heavy atom. The van der Waals surface area contributed by atoms with Gasteiger partial charge in [-0.2, -0.15) is 0 Å². The summed E-state index contributed by atoms with van der Waals surface area (Å²) in [5.41, 5.74) is 1.97. The quantitative estimate of drug-likeness (QED) is 0.852. The molecule has 2 aromatic rings. The first kappa shape index (κ1) is 17.7. The molecule has 8 heteroatoms. The van der Waals surface area contributed by atoms with Gasteiger partial charge < -0.3 is 10.6 Å². The van der Waals surface area contributed by atoms with Gasteiger partial charge >= 0.3 is 0 Å². The van der Waals surface area contributed by atoms with E-state index >= 15 is 0 Å². The number of anilines is 2. The van der Waals surface area contributed by atoms with Crippen LogP contribution in [0.15, 0.2) is 36.5 Å². The maximum Gasteiger partial charge on any atom is 0.257 e. The number of halogens is 1. The summed E-state index contributed by atoms with van der Waals surface area (Å²) in [6, 6.07) is 8.44. The number of aryl methyl sites for hydroxylation is 1. The molecule has 0 bridgehead atoms. The number of carbonyl (C=O) groups excluding carboxylic acids is 1. The van der Waals surface area contributed by atoms with Crippen molar-refractivity contribution in [3.8, 4) is 0 Å². The van der Waals surface area contributed by atoms with Gasteiger partial charge in [0.15, 0.2) is 9.84 Å². The van der Waals surface area contributed by atoms with Crippen molar-refractivity contribution in [3.05, 3.63) is 52.7 Å². The van der Waals surface area contributed by atoms with Gasteiger partial charge in [0.2, 0.25) is 0 Å². The molecule has 1 aromatic heterocycles. The zero-order chi connectivity index (χ0) is 18.0. The summed E-state index contributed by atoms with van der Waals surface area (Å²) in [5.74, 6) is 0.604. The minimum absolute atomic E-state index is 0.118. The van der Waals surface area contributed by atoms with Crippen LogP contribution in [-0.4, -0.2) is 36.9 Å². The van der Waals surface area contributed by atoms with E-state index in [0.29, 0.717) is 28.5 Å². The van der Waals surface area contributed by atoms with Crippen molar-refractivity contribution in [2.45, 2.75) is 19.4 Å². The summed E-state index contributed by atoms with van der Waals surface area (Å²) in [4.78, 5) is 16.5. The molecule has 132 valence electrons. The maximum atomic E-state index is 12.3. The fraction of sp³-hybridized carbons (Fsp3) is 0.294. The van der Waals surface area contributed by atoms with Crippen molar-refractivity contribution in [3.63, 3.8) is 0 Å². The van der Waals surface area contributed by atoms with Gasteiger partial charge in [0, 0.05) is 22.9 Å². The number of nitrogens with one attached hydrogen (secondary N) is 2. The molecule has 0 radical (unpaired) electrons. The van der Waals surface area contributed by atoms with Crippen LogP contribution >= 0.6 is 11.6 Å². The molecule has 1 fully saturated rings. The molecule has 1 saturated heterocycles. The van der Waals surface area contributed by atoms with Crippen molar-refractivity contribution in [2.75, 3.05) is 22.1 Å². The molecule has 0 spiro atoms. The van der Waals surface area contributed by atoms with Gasteiger partial charge in [-0.15, -0.1) is 0 Å². The van der Waals surface area contributed by atoms with Crippen molar-refractivity contribution in [1.82, 2.24) is 4.98 Å². The SMILES string of the molecule is Cc1cc(Cl)ccc1NC(=O)c1ccc(NC2CCS(=O)(=O)C2)nc1. The average Bonchev–Trinajstić information content (AvgIpc) is 2.89. The predicted molar refractivity (Wildman–Crippen MR) is 99.1 cm³/mol. The molecule has 6 nitrogen and oxygen atoms in total. The topological polar surface area (TPSA) is 88.2 Å². The Morgan fingerprint density at radius 1 is 1.28 bits per heavy atom. The Labute approximate surface area is 151 Å². The summed E-state index contributed by atoms with van der Waals surface area (Å²) in [6.45, 7) is 1.86. The van der Waals surface area contributed by atoms with Crippen LogP contribution in [0.1, 0.15) is 22.3 Å². The van der Waals surface area contributed by atoms with Gasteiger partial charge in [0.05, 0.1) is 17.1 Å². The smallest absolute Gasteiger partial charge is 0.257 e. The van der Waals surface area contributed by atoms with Gasteiger partial charge in [-0.1, -0.05) is 11.6 Å². The van der Waals surface area contributed by atoms with Crippen LogP contribution in [0.25, 0.3) is 0 Å². The van der Waals surface area contributed by atoms with Crippen LogP contribution in [0.2, 0.25) is 5.02 Å². The Morgan fingerprint density at radius 3 is 2.68 bits per heavy atom. The lowest BCUT2D eigenvalue weighted by Crippen LogP contribution is -2.21. The zero-order valence-electron chi connectivity index (χ0n) is 13.6. The van der Waals surface area contributed by atoms with Gasteiger partial charge in [-0.05, 0) is 49.2 Å². The van der Waals surface area contributed by atoms with Crippen LogP contribution < -0.4 is 10.6 Å². The lowest BCUT2D eigenvalue weighted by atomic mass is 10.2. The summed E-state index contributed by atoms with van der Waals surface area (Å²) >= 11 is 5.91. The number of benzene rings is 1. The molecule has 2 N–H and O–H groups in total. The highest BCUT2D eigenvalue weighted by Crippen LogP contribution is 2.21. The highest BCUT2D eigenvalue weighted by Gasteiger charge is 2.27. The van der Waals surface area contributed by atoms with Gasteiger partial charge in [-0.25, -0.2) is 13.4 Å².